The van der Waals surface area contributed by atoms with Crippen molar-refractivity contribution in [2.45, 2.75) is 46.0 Å². The second kappa shape index (κ2) is 18.3. The van der Waals surface area contributed by atoms with Crippen LogP contribution in [0.5, 0.6) is 0 Å². The first-order valence-corrected chi connectivity index (χ1v) is 8.09. The molecule has 1 aliphatic carbocycles. The van der Waals surface area contributed by atoms with Crippen LogP contribution in [-0.2, 0) is 9.13 Å². The predicted octanol–water partition coefficient (Wildman–Crippen LogP) is -3.61. The van der Waals surface area contributed by atoms with Crippen molar-refractivity contribution in [3.8, 4) is 0 Å². The van der Waals surface area contributed by atoms with Crippen molar-refractivity contribution in [2.75, 3.05) is 0 Å². The van der Waals surface area contributed by atoms with Crippen LogP contribution in [0.15, 0.2) is 0 Å². The van der Waals surface area contributed by atoms with Crippen LogP contribution in [0, 0.1) is 17.9 Å². The van der Waals surface area contributed by atoms with E-state index in [9.17, 15) is 0 Å². The summed E-state index contributed by atoms with van der Waals surface area (Å²) in [5.41, 5.74) is 0.561. The zero-order valence-electron chi connectivity index (χ0n) is 13.1. The Bertz CT molecular complexity index is 250. The van der Waals surface area contributed by atoms with E-state index in [4.69, 9.17) is 33.8 Å². The molecule has 21 heavy (non-hydrogen) atoms. The average Bonchev–Trinajstić information content (AvgIpc) is 2.20. The summed E-state index contributed by atoms with van der Waals surface area (Å²) >= 11 is 0. The molecule has 0 aromatic rings. The second-order valence-electron chi connectivity index (χ2n) is 5.03. The third-order valence-corrected chi connectivity index (χ3v) is 2.90. The van der Waals surface area contributed by atoms with Gasteiger partial charge in [-0.1, -0.05) is 32.6 Å². The molecule has 1 aliphatic rings. The molecule has 0 amide bonds. The Morgan fingerprint density at radius 3 is 1.52 bits per heavy atom. The number of rotatable bonds is 2. The van der Waals surface area contributed by atoms with Crippen molar-refractivity contribution < 1.29 is 92.9 Å². The van der Waals surface area contributed by atoms with Gasteiger partial charge >= 0.3 is 75.6 Å². The average molecular weight is 363 g/mol. The smallest absolute Gasteiger partial charge is 0.566 e. The van der Waals surface area contributed by atoms with Gasteiger partial charge in [-0.15, -0.1) is 19.6 Å². The molecule has 0 bridgehead atoms. The first-order valence-electron chi connectivity index (χ1n) is 5.76. The molecule has 5 N–H and O–H groups in total. The molecule has 0 aliphatic heterocycles. The minimum Gasteiger partial charge on any atom is -0.566 e. The van der Waals surface area contributed by atoms with Crippen LogP contribution in [-0.4, -0.2) is 24.7 Å². The van der Waals surface area contributed by atoms with Crippen molar-refractivity contribution in [2.24, 2.45) is 11.3 Å². The standard InChI is InChI=1S/C10H19O.2Na.2HO3P/c1-10(2)6-3-9(4-7-10)5-8-11;;;2*1-4(2)3/h8-9,11H,3-7H2,1-2H3;;;2*(H-,1,2,3)/q-1;2*+1;;/p+2. The fraction of sp³-hybridized carbons (Fsp3) is 0.900. The van der Waals surface area contributed by atoms with Gasteiger partial charge in [0.1, 0.15) is 0 Å². The quantitative estimate of drug-likeness (QED) is 0.194. The van der Waals surface area contributed by atoms with Gasteiger partial charge in [-0.2, -0.15) is 6.42 Å². The molecular weight excluding hydrogens is 340 g/mol. The Kier molecular flexibility index (Phi) is 26.9. The third kappa shape index (κ3) is 30.4. The van der Waals surface area contributed by atoms with Gasteiger partial charge in [-0.3, -0.25) is 0 Å². The molecule has 0 spiro atoms. The van der Waals surface area contributed by atoms with Gasteiger partial charge in [0.2, 0.25) is 0 Å². The van der Waals surface area contributed by atoms with Crippen LogP contribution in [0.1, 0.15) is 46.0 Å². The summed E-state index contributed by atoms with van der Waals surface area (Å²) in [5, 5.41) is 8.62. The summed E-state index contributed by atoms with van der Waals surface area (Å²) in [6, 6.07) is 0. The van der Waals surface area contributed by atoms with Gasteiger partial charge in [-0.25, -0.2) is 6.61 Å². The third-order valence-electron chi connectivity index (χ3n) is 2.90. The van der Waals surface area contributed by atoms with Gasteiger partial charge in [-0.05, 0) is 18.3 Å². The normalized spacial score (nSPS) is 15.8. The maximum Gasteiger partial charge on any atom is 1.00 e. The van der Waals surface area contributed by atoms with E-state index in [0.717, 1.165) is 12.3 Å². The van der Waals surface area contributed by atoms with Gasteiger partial charge < -0.3 is 5.11 Å². The Labute approximate surface area is 172 Å². The zero-order chi connectivity index (χ0) is 15.5. The number of hydrogen-bond donors (Lipinski definition) is 5. The van der Waals surface area contributed by atoms with E-state index >= 15 is 0 Å². The van der Waals surface area contributed by atoms with E-state index in [2.05, 4.69) is 13.8 Å². The number of aliphatic hydroxyl groups excluding tert-OH is 1. The molecule has 0 saturated heterocycles. The largest absolute Gasteiger partial charge is 1.00 e. The second-order valence-corrected chi connectivity index (χ2v) is 6.04. The van der Waals surface area contributed by atoms with Gasteiger partial charge in [0.15, 0.2) is 0 Å². The molecule has 1 fully saturated rings. The van der Waals surface area contributed by atoms with Crippen molar-refractivity contribution in [3.63, 3.8) is 0 Å². The van der Waals surface area contributed by atoms with Crippen molar-refractivity contribution >= 4 is 16.5 Å². The summed E-state index contributed by atoms with van der Waals surface area (Å²) in [5.74, 6) is 0.757. The minimum atomic E-state index is -2.87. The van der Waals surface area contributed by atoms with Crippen molar-refractivity contribution in [1.29, 1.82) is 0 Å². The Balaban J connectivity index is -0.000000123. The van der Waals surface area contributed by atoms with Crippen LogP contribution in [0.4, 0.5) is 0 Å². The molecule has 114 valence electrons. The molecule has 0 radical (unpaired) electrons. The monoisotopic (exact) mass is 363 g/mol. The molecule has 0 aromatic carbocycles. The molecule has 0 atom stereocenters. The summed E-state index contributed by atoms with van der Waals surface area (Å²) in [4.78, 5) is 28.5. The first kappa shape index (κ1) is 30.8. The Morgan fingerprint density at radius 2 is 1.29 bits per heavy atom. The summed E-state index contributed by atoms with van der Waals surface area (Å²) in [7, 11) is -5.74. The van der Waals surface area contributed by atoms with E-state index < -0.39 is 16.5 Å². The predicted molar refractivity (Wildman–Crippen MR) is 70.7 cm³/mol. The van der Waals surface area contributed by atoms with Gasteiger partial charge in [0, 0.05) is 9.13 Å². The van der Waals surface area contributed by atoms with Gasteiger partial charge in [0.05, 0.1) is 0 Å². The Morgan fingerprint density at radius 1 is 1.00 bits per heavy atom. The van der Waals surface area contributed by atoms with Crippen LogP contribution < -0.4 is 59.1 Å². The Hall–Kier alpha value is 2.00. The van der Waals surface area contributed by atoms with E-state index in [1.54, 1.807) is 0 Å². The SMILES string of the molecule is CC1(C)CCC(C[CH-]O)CC1.O=[P+](O)O.O=[P+](O)O.[Na+].[Na+]. The molecular formula is C10H23Na2O7P2+3. The first-order chi connectivity index (χ1) is 8.60. The molecule has 0 aromatic heterocycles. The maximum atomic E-state index is 8.70. The van der Waals surface area contributed by atoms with Crippen LogP contribution >= 0.6 is 16.5 Å². The zero-order valence-corrected chi connectivity index (χ0v) is 18.9. The van der Waals surface area contributed by atoms with Crippen LogP contribution in [0.25, 0.3) is 0 Å². The van der Waals surface area contributed by atoms with E-state index in [1.165, 1.54) is 32.3 Å². The molecule has 0 unspecified atom stereocenters. The summed E-state index contributed by atoms with van der Waals surface area (Å²) in [6.45, 7) is 6.00. The molecule has 0 heterocycles. The molecule has 11 heteroatoms. The summed E-state index contributed by atoms with van der Waals surface area (Å²) in [6.07, 6.45) is 6.14. The fourth-order valence-corrected chi connectivity index (χ4v) is 1.84. The molecule has 7 nitrogen and oxygen atoms in total. The molecule has 1 rings (SSSR count). The van der Waals surface area contributed by atoms with E-state index in [-0.39, 0.29) is 59.1 Å². The van der Waals surface area contributed by atoms with Crippen LogP contribution in [0.3, 0.4) is 0 Å². The fourth-order valence-electron chi connectivity index (χ4n) is 1.84. The van der Waals surface area contributed by atoms with E-state index in [0.29, 0.717) is 5.41 Å². The number of hydrogen-bond acceptors (Lipinski definition) is 3. The van der Waals surface area contributed by atoms with E-state index in [1.807, 2.05) is 0 Å². The van der Waals surface area contributed by atoms with Crippen LogP contribution in [0.2, 0.25) is 0 Å². The van der Waals surface area contributed by atoms with Crippen molar-refractivity contribution in [3.05, 3.63) is 6.61 Å². The number of aliphatic hydroxyl groups is 1. The maximum absolute atomic E-state index is 8.70. The van der Waals surface area contributed by atoms with Gasteiger partial charge in [0.25, 0.3) is 0 Å². The van der Waals surface area contributed by atoms with Crippen molar-refractivity contribution in [1.82, 2.24) is 0 Å². The summed E-state index contributed by atoms with van der Waals surface area (Å²) < 4.78 is 17.4. The molecule has 1 saturated carbocycles. The topological polar surface area (TPSA) is 135 Å². The minimum absolute atomic E-state index is 0.